The molecular formula is C19H18O6. The molecule has 6 nitrogen and oxygen atoms in total. The molecule has 0 spiro atoms. The van der Waals surface area contributed by atoms with Crippen LogP contribution in [-0.2, 0) is 6.42 Å². The molecule has 0 amide bonds. The Balaban J connectivity index is 2.52. The quantitative estimate of drug-likeness (QED) is 0.382. The topological polar surface area (TPSA) is 100 Å². The van der Waals surface area contributed by atoms with Crippen LogP contribution in [0.1, 0.15) is 19.4 Å². The van der Waals surface area contributed by atoms with Crippen molar-refractivity contribution in [3.63, 3.8) is 0 Å². The first-order chi connectivity index (χ1) is 11.8. The lowest BCUT2D eigenvalue weighted by Crippen LogP contribution is -2.05. The molecule has 3 N–H and O–H groups in total. The number of fused-ring (bicyclic) bond motifs is 2. The van der Waals surface area contributed by atoms with Crippen molar-refractivity contribution < 1.29 is 24.5 Å². The Morgan fingerprint density at radius 1 is 1.16 bits per heavy atom. The lowest BCUT2D eigenvalue weighted by molar-refractivity contribution is 0.398. The Bertz CT molecular complexity index is 1070. The van der Waals surface area contributed by atoms with Crippen molar-refractivity contribution in [3.8, 4) is 23.0 Å². The van der Waals surface area contributed by atoms with Gasteiger partial charge < -0.3 is 24.5 Å². The van der Waals surface area contributed by atoms with Crippen LogP contribution in [0, 0.1) is 0 Å². The maximum Gasteiger partial charge on any atom is 0.204 e. The number of benzene rings is 2. The molecule has 1 heterocycles. The van der Waals surface area contributed by atoms with Crippen molar-refractivity contribution >= 4 is 21.9 Å². The summed E-state index contributed by atoms with van der Waals surface area (Å²) in [5.74, 6) is -0.819. The van der Waals surface area contributed by atoms with Gasteiger partial charge in [0.25, 0.3) is 0 Å². The maximum atomic E-state index is 12.8. The van der Waals surface area contributed by atoms with Crippen molar-refractivity contribution in [3.05, 3.63) is 45.6 Å². The minimum Gasteiger partial charge on any atom is -0.507 e. The van der Waals surface area contributed by atoms with E-state index < -0.39 is 16.9 Å². The van der Waals surface area contributed by atoms with Gasteiger partial charge in [-0.25, -0.2) is 0 Å². The van der Waals surface area contributed by atoms with E-state index in [2.05, 4.69) is 0 Å². The third-order valence-electron chi connectivity index (χ3n) is 4.04. The van der Waals surface area contributed by atoms with Gasteiger partial charge in [0.15, 0.2) is 11.3 Å². The van der Waals surface area contributed by atoms with Crippen LogP contribution in [0.4, 0.5) is 0 Å². The van der Waals surface area contributed by atoms with Crippen molar-refractivity contribution in [2.75, 3.05) is 7.11 Å². The summed E-state index contributed by atoms with van der Waals surface area (Å²) in [5, 5.41) is 30.1. The molecule has 3 aromatic rings. The van der Waals surface area contributed by atoms with E-state index in [1.54, 1.807) is 0 Å². The number of phenolic OH excluding ortho intramolecular Hbond substituents is 3. The average Bonchev–Trinajstić information content (AvgIpc) is 2.57. The summed E-state index contributed by atoms with van der Waals surface area (Å²) in [6.07, 6.45) is 2.34. The lowest BCUT2D eigenvalue weighted by atomic mass is 10.0. The van der Waals surface area contributed by atoms with Crippen LogP contribution in [0.2, 0.25) is 0 Å². The van der Waals surface area contributed by atoms with Crippen LogP contribution in [0.15, 0.2) is 39.1 Å². The number of methoxy groups -OCH3 is 1. The fourth-order valence-corrected chi connectivity index (χ4v) is 2.76. The SMILES string of the molecule is COc1cc(O)c2c(=O)c3ccc(O)c(O)c3oc2c1CC=C(C)C. The van der Waals surface area contributed by atoms with E-state index in [1.807, 2.05) is 19.9 Å². The molecule has 0 fully saturated rings. The highest BCUT2D eigenvalue weighted by atomic mass is 16.5. The normalized spacial score (nSPS) is 11.0. The first-order valence-corrected chi connectivity index (χ1v) is 7.68. The predicted octanol–water partition coefficient (Wildman–Crippen LogP) is 3.58. The van der Waals surface area contributed by atoms with Gasteiger partial charge in [0.1, 0.15) is 22.5 Å². The number of hydrogen-bond donors (Lipinski definition) is 3. The summed E-state index contributed by atoms with van der Waals surface area (Å²) in [7, 11) is 1.45. The third kappa shape index (κ3) is 2.65. The maximum absolute atomic E-state index is 12.8. The molecule has 25 heavy (non-hydrogen) atoms. The molecule has 0 aliphatic rings. The van der Waals surface area contributed by atoms with Gasteiger partial charge in [0, 0.05) is 11.6 Å². The van der Waals surface area contributed by atoms with Crippen LogP contribution in [0.25, 0.3) is 21.9 Å². The number of hydrogen-bond acceptors (Lipinski definition) is 6. The molecule has 3 rings (SSSR count). The minimum atomic E-state index is -0.521. The Labute approximate surface area is 143 Å². The predicted molar refractivity (Wildman–Crippen MR) is 94.7 cm³/mol. The minimum absolute atomic E-state index is 0.00976. The molecule has 0 atom stereocenters. The van der Waals surface area contributed by atoms with Crippen LogP contribution >= 0.6 is 0 Å². The van der Waals surface area contributed by atoms with E-state index in [-0.39, 0.29) is 27.7 Å². The van der Waals surface area contributed by atoms with E-state index in [4.69, 9.17) is 9.15 Å². The van der Waals surface area contributed by atoms with Crippen LogP contribution in [0.3, 0.4) is 0 Å². The number of aromatic hydroxyl groups is 3. The number of ether oxygens (including phenoxy) is 1. The van der Waals surface area contributed by atoms with E-state index in [9.17, 15) is 20.1 Å². The zero-order valence-electron chi connectivity index (χ0n) is 14.1. The summed E-state index contributed by atoms with van der Waals surface area (Å²) in [6, 6.07) is 3.92. The Morgan fingerprint density at radius 2 is 1.88 bits per heavy atom. The van der Waals surface area contributed by atoms with Gasteiger partial charge >= 0.3 is 0 Å². The van der Waals surface area contributed by atoms with E-state index in [1.165, 1.54) is 25.3 Å². The van der Waals surface area contributed by atoms with Gasteiger partial charge in [-0.05, 0) is 32.4 Å². The Hall–Kier alpha value is -3.15. The van der Waals surface area contributed by atoms with Crippen molar-refractivity contribution in [1.29, 1.82) is 0 Å². The van der Waals surface area contributed by atoms with Gasteiger partial charge in [-0.2, -0.15) is 0 Å². The van der Waals surface area contributed by atoms with Crippen molar-refractivity contribution in [1.82, 2.24) is 0 Å². The molecular weight excluding hydrogens is 324 g/mol. The summed E-state index contributed by atoms with van der Waals surface area (Å²) >= 11 is 0. The first kappa shape index (κ1) is 16.7. The molecule has 130 valence electrons. The van der Waals surface area contributed by atoms with Crippen LogP contribution in [-0.4, -0.2) is 22.4 Å². The van der Waals surface area contributed by atoms with E-state index in [0.717, 1.165) is 5.57 Å². The summed E-state index contributed by atoms with van der Waals surface area (Å²) in [4.78, 5) is 12.8. The molecule has 6 heteroatoms. The highest BCUT2D eigenvalue weighted by Crippen LogP contribution is 2.39. The van der Waals surface area contributed by atoms with Crippen LogP contribution in [0.5, 0.6) is 23.0 Å². The zero-order chi connectivity index (χ0) is 18.3. The van der Waals surface area contributed by atoms with Crippen molar-refractivity contribution in [2.24, 2.45) is 0 Å². The lowest BCUT2D eigenvalue weighted by Gasteiger charge is -2.13. The van der Waals surface area contributed by atoms with E-state index >= 15 is 0 Å². The fraction of sp³-hybridized carbons (Fsp3) is 0.211. The third-order valence-corrected chi connectivity index (χ3v) is 4.04. The van der Waals surface area contributed by atoms with Crippen LogP contribution < -0.4 is 10.2 Å². The van der Waals surface area contributed by atoms with Crippen molar-refractivity contribution in [2.45, 2.75) is 20.3 Å². The Kier molecular flexibility index (Phi) is 4.04. The summed E-state index contributed by atoms with van der Waals surface area (Å²) in [6.45, 7) is 3.87. The fourth-order valence-electron chi connectivity index (χ4n) is 2.76. The van der Waals surface area contributed by atoms with Gasteiger partial charge in [0.05, 0.1) is 12.5 Å². The summed E-state index contributed by atoms with van der Waals surface area (Å²) in [5.41, 5.74) is 1.12. The number of phenols is 3. The summed E-state index contributed by atoms with van der Waals surface area (Å²) < 4.78 is 11.1. The average molecular weight is 342 g/mol. The molecule has 0 unspecified atom stereocenters. The molecule has 0 aliphatic carbocycles. The highest BCUT2D eigenvalue weighted by Gasteiger charge is 2.21. The molecule has 0 aliphatic heterocycles. The second-order valence-electron chi connectivity index (χ2n) is 6.01. The van der Waals surface area contributed by atoms with Gasteiger partial charge in [-0.1, -0.05) is 11.6 Å². The zero-order valence-corrected chi connectivity index (χ0v) is 14.1. The molecule has 0 saturated carbocycles. The number of allylic oxidation sites excluding steroid dienone is 2. The van der Waals surface area contributed by atoms with E-state index in [0.29, 0.717) is 17.7 Å². The highest BCUT2D eigenvalue weighted by molar-refractivity contribution is 5.98. The monoisotopic (exact) mass is 342 g/mol. The standard InChI is InChI=1S/C19H18O6/c1-9(2)4-5-10-14(24-3)8-13(21)15-16(22)11-6-7-12(20)17(23)19(11)25-18(10)15/h4,6-8,20-21,23H,5H2,1-3H3. The number of rotatable bonds is 3. The molecule has 0 saturated heterocycles. The molecule has 0 radical (unpaired) electrons. The second kappa shape index (κ2) is 6.05. The smallest absolute Gasteiger partial charge is 0.204 e. The molecule has 1 aromatic heterocycles. The van der Waals surface area contributed by atoms with Gasteiger partial charge in [-0.3, -0.25) is 4.79 Å². The first-order valence-electron chi connectivity index (χ1n) is 7.68. The van der Waals surface area contributed by atoms with Gasteiger partial charge in [0.2, 0.25) is 11.2 Å². The second-order valence-corrected chi connectivity index (χ2v) is 6.01. The largest absolute Gasteiger partial charge is 0.507 e. The van der Waals surface area contributed by atoms with Gasteiger partial charge in [-0.15, -0.1) is 0 Å². The molecule has 0 bridgehead atoms. The Morgan fingerprint density at radius 3 is 2.52 bits per heavy atom. The molecule has 2 aromatic carbocycles.